The summed E-state index contributed by atoms with van der Waals surface area (Å²) in [4.78, 5) is 35.9. The maximum absolute atomic E-state index is 12.5. The average Bonchev–Trinajstić information content (AvgIpc) is 3.02. The Labute approximate surface area is 195 Å². The zero-order valence-electron chi connectivity index (χ0n) is 20.2. The van der Waals surface area contributed by atoms with Gasteiger partial charge in [0.05, 0.1) is 30.8 Å². The molecule has 4 saturated carbocycles. The van der Waals surface area contributed by atoms with E-state index in [1.54, 1.807) is 0 Å². The van der Waals surface area contributed by atoms with Gasteiger partial charge in [-0.2, -0.15) is 0 Å². The van der Waals surface area contributed by atoms with Crippen LogP contribution in [0.5, 0.6) is 0 Å². The van der Waals surface area contributed by atoms with Gasteiger partial charge in [-0.05, 0) is 63.2 Å². The van der Waals surface area contributed by atoms with Crippen molar-refractivity contribution in [3.63, 3.8) is 0 Å². The summed E-state index contributed by atoms with van der Waals surface area (Å²) in [5.41, 5.74) is -3.52. The topological polar surface area (TPSA) is 119 Å². The van der Waals surface area contributed by atoms with Crippen molar-refractivity contribution in [3.8, 4) is 0 Å². The van der Waals surface area contributed by atoms with E-state index < -0.39 is 28.0 Å². The highest BCUT2D eigenvalue weighted by Crippen LogP contribution is 2.70. The quantitative estimate of drug-likeness (QED) is 0.479. The van der Waals surface area contributed by atoms with E-state index >= 15 is 0 Å². The predicted molar refractivity (Wildman–Crippen MR) is 117 cm³/mol. The SMILES string of the molecule is COC(=O)[C@H]1CC[C@@]2(O)[C@@H]3CC[C@@]4(O)C[C@H](OC(C)=O)CC[C@]4(COC(C)=O)[C@H]3CC[C@]12C. The van der Waals surface area contributed by atoms with E-state index in [9.17, 15) is 24.6 Å². The number of hydrogen-bond acceptors (Lipinski definition) is 8. The monoisotopic (exact) mass is 466 g/mol. The average molecular weight is 467 g/mol. The summed E-state index contributed by atoms with van der Waals surface area (Å²) in [6, 6.07) is 0. The molecule has 4 aliphatic carbocycles. The van der Waals surface area contributed by atoms with Gasteiger partial charge in [0, 0.05) is 31.1 Å². The van der Waals surface area contributed by atoms with Gasteiger partial charge in [-0.3, -0.25) is 14.4 Å². The van der Waals surface area contributed by atoms with Gasteiger partial charge in [-0.1, -0.05) is 6.92 Å². The van der Waals surface area contributed by atoms with Crippen LogP contribution in [-0.4, -0.2) is 59.1 Å². The summed E-state index contributed by atoms with van der Waals surface area (Å²) in [5, 5.41) is 24.2. The summed E-state index contributed by atoms with van der Waals surface area (Å²) >= 11 is 0. The molecule has 0 amide bonds. The van der Waals surface area contributed by atoms with Crippen molar-refractivity contribution in [2.24, 2.45) is 28.6 Å². The fourth-order valence-electron chi connectivity index (χ4n) is 8.37. The molecule has 0 spiro atoms. The van der Waals surface area contributed by atoms with Crippen molar-refractivity contribution in [2.75, 3.05) is 13.7 Å². The maximum Gasteiger partial charge on any atom is 0.309 e. The van der Waals surface area contributed by atoms with Gasteiger partial charge in [0.25, 0.3) is 0 Å². The first-order valence-corrected chi connectivity index (χ1v) is 12.3. The van der Waals surface area contributed by atoms with E-state index in [0.29, 0.717) is 51.4 Å². The Morgan fingerprint density at radius 1 is 0.909 bits per heavy atom. The van der Waals surface area contributed by atoms with Crippen molar-refractivity contribution in [2.45, 2.75) is 95.9 Å². The molecule has 8 heteroatoms. The first-order valence-electron chi connectivity index (χ1n) is 12.3. The number of carbonyl (C=O) groups excluding carboxylic acids is 3. The van der Waals surface area contributed by atoms with Crippen LogP contribution < -0.4 is 0 Å². The molecule has 4 fully saturated rings. The third-order valence-electron chi connectivity index (χ3n) is 9.98. The van der Waals surface area contributed by atoms with E-state index in [1.165, 1.54) is 21.0 Å². The van der Waals surface area contributed by atoms with Gasteiger partial charge in [0.1, 0.15) is 6.10 Å². The van der Waals surface area contributed by atoms with E-state index in [0.717, 1.165) is 6.42 Å². The first kappa shape index (κ1) is 24.5. The van der Waals surface area contributed by atoms with Crippen molar-refractivity contribution in [1.29, 1.82) is 0 Å². The molecule has 33 heavy (non-hydrogen) atoms. The minimum Gasteiger partial charge on any atom is -0.469 e. The largest absolute Gasteiger partial charge is 0.469 e. The molecule has 0 bridgehead atoms. The Bertz CT molecular complexity index is 827. The molecule has 4 aliphatic rings. The molecule has 0 heterocycles. The van der Waals surface area contributed by atoms with E-state index in [-0.39, 0.29) is 42.4 Å². The van der Waals surface area contributed by atoms with Crippen LogP contribution in [0.1, 0.15) is 78.6 Å². The van der Waals surface area contributed by atoms with Gasteiger partial charge in [-0.15, -0.1) is 0 Å². The van der Waals surface area contributed by atoms with Crippen LogP contribution in [-0.2, 0) is 28.6 Å². The highest BCUT2D eigenvalue weighted by Gasteiger charge is 2.72. The van der Waals surface area contributed by atoms with Crippen molar-refractivity contribution in [3.05, 3.63) is 0 Å². The summed E-state index contributed by atoms with van der Waals surface area (Å²) < 4.78 is 16.1. The molecule has 0 aromatic carbocycles. The first-order chi connectivity index (χ1) is 15.4. The molecule has 8 atom stereocenters. The summed E-state index contributed by atoms with van der Waals surface area (Å²) in [6.07, 6.45) is 4.54. The second-order valence-corrected chi connectivity index (χ2v) is 11.2. The molecule has 0 aliphatic heterocycles. The van der Waals surface area contributed by atoms with Gasteiger partial charge >= 0.3 is 17.9 Å². The molecular weight excluding hydrogens is 428 g/mol. The van der Waals surface area contributed by atoms with E-state index in [2.05, 4.69) is 0 Å². The highest BCUT2D eigenvalue weighted by atomic mass is 16.5. The number of esters is 3. The summed E-state index contributed by atoms with van der Waals surface area (Å²) in [7, 11) is 1.39. The Morgan fingerprint density at radius 3 is 2.24 bits per heavy atom. The van der Waals surface area contributed by atoms with Crippen molar-refractivity contribution < 1.29 is 38.8 Å². The fourth-order valence-corrected chi connectivity index (χ4v) is 8.37. The Kier molecular flexibility index (Phi) is 6.09. The molecule has 0 unspecified atom stereocenters. The normalized spacial score (nSPS) is 46.4. The zero-order valence-corrected chi connectivity index (χ0v) is 20.2. The number of hydrogen-bond donors (Lipinski definition) is 2. The van der Waals surface area contributed by atoms with E-state index in [1.807, 2.05) is 6.92 Å². The molecule has 186 valence electrons. The molecule has 4 rings (SSSR count). The minimum atomic E-state index is -1.16. The third-order valence-corrected chi connectivity index (χ3v) is 9.98. The Hall–Kier alpha value is -1.67. The molecule has 8 nitrogen and oxygen atoms in total. The van der Waals surface area contributed by atoms with Crippen LogP contribution in [0.4, 0.5) is 0 Å². The standard InChI is InChI=1S/C25H38O8/c1-15(26)32-14-23-10-5-17(33-16(2)27)13-24(23,29)11-7-19-18(23)6-9-22(3)20(21(28)31-4)8-12-25(19,22)30/h17-20,29-30H,5-14H2,1-4H3/t17-,18+,19-,20-,22-,23+,24-,25-/m1/s1. The zero-order chi connectivity index (χ0) is 24.2. The number of methoxy groups -OCH3 is 1. The Morgan fingerprint density at radius 2 is 1.61 bits per heavy atom. The van der Waals surface area contributed by atoms with Crippen LogP contribution >= 0.6 is 0 Å². The lowest BCUT2D eigenvalue weighted by atomic mass is 9.41. The van der Waals surface area contributed by atoms with Crippen molar-refractivity contribution in [1.82, 2.24) is 0 Å². The fraction of sp³-hybridized carbons (Fsp3) is 0.880. The van der Waals surface area contributed by atoms with Crippen LogP contribution in [0, 0.1) is 28.6 Å². The third kappa shape index (κ3) is 3.51. The van der Waals surface area contributed by atoms with Crippen LogP contribution in [0.15, 0.2) is 0 Å². The number of fused-ring (bicyclic) bond motifs is 5. The summed E-state index contributed by atoms with van der Waals surface area (Å²) in [6.45, 7) is 4.83. The molecule has 2 N–H and O–H groups in total. The smallest absolute Gasteiger partial charge is 0.309 e. The van der Waals surface area contributed by atoms with Gasteiger partial charge in [0.2, 0.25) is 0 Å². The number of rotatable bonds is 4. The predicted octanol–water partition coefficient (Wildman–Crippen LogP) is 2.52. The van der Waals surface area contributed by atoms with Gasteiger partial charge in [0.15, 0.2) is 0 Å². The van der Waals surface area contributed by atoms with Gasteiger partial charge < -0.3 is 24.4 Å². The lowest BCUT2D eigenvalue weighted by molar-refractivity contribution is -0.272. The Balaban J connectivity index is 1.70. The molecule has 0 saturated heterocycles. The minimum absolute atomic E-state index is 0.0663. The molecule has 0 aromatic rings. The maximum atomic E-state index is 12.5. The number of carbonyl (C=O) groups is 3. The lowest BCUT2D eigenvalue weighted by Crippen LogP contribution is -2.69. The second-order valence-electron chi connectivity index (χ2n) is 11.2. The van der Waals surface area contributed by atoms with Crippen LogP contribution in [0.2, 0.25) is 0 Å². The molecule has 0 radical (unpaired) electrons. The molecular formula is C25H38O8. The summed E-state index contributed by atoms with van der Waals surface area (Å²) in [5.74, 6) is -1.57. The van der Waals surface area contributed by atoms with Crippen molar-refractivity contribution >= 4 is 17.9 Å². The number of ether oxygens (including phenoxy) is 3. The lowest BCUT2D eigenvalue weighted by Gasteiger charge is -2.66. The molecule has 0 aromatic heterocycles. The van der Waals surface area contributed by atoms with Gasteiger partial charge in [-0.25, -0.2) is 0 Å². The van der Waals surface area contributed by atoms with Crippen LogP contribution in [0.25, 0.3) is 0 Å². The second kappa shape index (κ2) is 8.22. The highest BCUT2D eigenvalue weighted by molar-refractivity contribution is 5.74. The van der Waals surface area contributed by atoms with E-state index in [4.69, 9.17) is 14.2 Å². The van der Waals surface area contributed by atoms with Crippen LogP contribution in [0.3, 0.4) is 0 Å². The number of aliphatic hydroxyl groups is 2.